The summed E-state index contributed by atoms with van der Waals surface area (Å²) in [5.41, 5.74) is 10.2. The van der Waals surface area contributed by atoms with E-state index in [1.807, 2.05) is 109 Å². The van der Waals surface area contributed by atoms with Crippen LogP contribution in [0.3, 0.4) is 0 Å². The standard InChI is InChI=1S/C47H29N5O/c1-4-13-30(14-5-1)44-50-45(31-15-6-2-7-16-31)52-46(51-44)37-26-35(33-22-23-42-41(29-33)49-47(53-42)32-17-8-3-9-18-32)25-36(27-37)40-28-34-19-10-11-20-38(34)43-39(40)21-12-24-48-43/h1-29H. The third-order valence-corrected chi connectivity index (χ3v) is 9.56. The first-order valence-electron chi connectivity index (χ1n) is 17.5. The van der Waals surface area contributed by atoms with Gasteiger partial charge in [-0.25, -0.2) is 19.9 Å². The molecule has 0 aliphatic rings. The monoisotopic (exact) mass is 679 g/mol. The molecule has 10 rings (SSSR count). The van der Waals surface area contributed by atoms with Gasteiger partial charge < -0.3 is 4.42 Å². The number of nitrogens with zero attached hydrogens (tertiary/aromatic N) is 5. The summed E-state index contributed by atoms with van der Waals surface area (Å²) in [6, 6.07) is 57.6. The maximum Gasteiger partial charge on any atom is 0.227 e. The van der Waals surface area contributed by atoms with Crippen LogP contribution in [0.25, 0.3) is 101 Å². The minimum absolute atomic E-state index is 0.581. The molecule has 0 fully saturated rings. The first-order valence-corrected chi connectivity index (χ1v) is 17.5. The molecule has 3 aromatic heterocycles. The molecule has 0 aliphatic carbocycles. The first-order chi connectivity index (χ1) is 26.2. The van der Waals surface area contributed by atoms with Gasteiger partial charge in [-0.3, -0.25) is 4.98 Å². The van der Waals surface area contributed by atoms with Crippen molar-refractivity contribution in [1.82, 2.24) is 24.9 Å². The van der Waals surface area contributed by atoms with E-state index >= 15 is 0 Å². The van der Waals surface area contributed by atoms with Crippen molar-refractivity contribution in [1.29, 1.82) is 0 Å². The molecule has 6 nitrogen and oxygen atoms in total. The smallest absolute Gasteiger partial charge is 0.227 e. The van der Waals surface area contributed by atoms with Gasteiger partial charge in [0.2, 0.25) is 5.89 Å². The lowest BCUT2D eigenvalue weighted by Gasteiger charge is -2.14. The van der Waals surface area contributed by atoms with Crippen molar-refractivity contribution in [3.8, 4) is 67.9 Å². The Morgan fingerprint density at radius 1 is 0.377 bits per heavy atom. The van der Waals surface area contributed by atoms with Crippen LogP contribution in [0.4, 0.5) is 0 Å². The Labute approximate surface area is 305 Å². The topological polar surface area (TPSA) is 77.6 Å². The molecular weight excluding hydrogens is 651 g/mol. The largest absolute Gasteiger partial charge is 0.436 e. The molecule has 0 bridgehead atoms. The third-order valence-electron chi connectivity index (χ3n) is 9.56. The minimum atomic E-state index is 0.581. The molecular formula is C47H29N5O. The number of hydrogen-bond acceptors (Lipinski definition) is 6. The maximum absolute atomic E-state index is 6.19. The van der Waals surface area contributed by atoms with Gasteiger partial charge in [-0.05, 0) is 82.2 Å². The van der Waals surface area contributed by atoms with Crippen LogP contribution in [0, 0.1) is 0 Å². The average molecular weight is 680 g/mol. The van der Waals surface area contributed by atoms with Gasteiger partial charge in [0.25, 0.3) is 0 Å². The lowest BCUT2D eigenvalue weighted by atomic mass is 9.91. The van der Waals surface area contributed by atoms with Crippen LogP contribution in [0.2, 0.25) is 0 Å². The van der Waals surface area contributed by atoms with Crippen LogP contribution in [0.5, 0.6) is 0 Å². The highest BCUT2D eigenvalue weighted by Crippen LogP contribution is 2.39. The Morgan fingerprint density at radius 2 is 0.962 bits per heavy atom. The molecule has 6 heteroatoms. The maximum atomic E-state index is 6.19. The molecule has 0 saturated carbocycles. The number of aromatic nitrogens is 5. The number of benzene rings is 7. The van der Waals surface area contributed by atoms with Crippen molar-refractivity contribution >= 4 is 32.8 Å². The number of fused-ring (bicyclic) bond motifs is 4. The van der Waals surface area contributed by atoms with E-state index in [1.54, 1.807) is 0 Å². The summed E-state index contributed by atoms with van der Waals surface area (Å²) in [6.07, 6.45) is 1.86. The number of hydrogen-bond donors (Lipinski definition) is 0. The summed E-state index contributed by atoms with van der Waals surface area (Å²) in [5.74, 6) is 2.39. The van der Waals surface area contributed by atoms with Gasteiger partial charge in [-0.15, -0.1) is 0 Å². The van der Waals surface area contributed by atoms with E-state index in [1.165, 1.54) is 0 Å². The Balaban J connectivity index is 1.22. The lowest BCUT2D eigenvalue weighted by molar-refractivity contribution is 0.620. The summed E-state index contributed by atoms with van der Waals surface area (Å²) in [6.45, 7) is 0. The van der Waals surface area contributed by atoms with E-state index in [-0.39, 0.29) is 0 Å². The molecule has 0 saturated heterocycles. The molecule has 0 aliphatic heterocycles. The van der Waals surface area contributed by atoms with E-state index in [0.717, 1.165) is 77.3 Å². The van der Waals surface area contributed by atoms with E-state index in [2.05, 4.69) is 66.7 Å². The van der Waals surface area contributed by atoms with Crippen molar-refractivity contribution in [2.24, 2.45) is 0 Å². The first kappa shape index (κ1) is 30.5. The van der Waals surface area contributed by atoms with E-state index < -0.39 is 0 Å². The van der Waals surface area contributed by atoms with Gasteiger partial charge in [0.1, 0.15) is 5.52 Å². The van der Waals surface area contributed by atoms with Gasteiger partial charge in [0, 0.05) is 39.2 Å². The zero-order valence-corrected chi connectivity index (χ0v) is 28.4. The normalized spacial score (nSPS) is 11.4. The molecule has 248 valence electrons. The van der Waals surface area contributed by atoms with Crippen molar-refractivity contribution in [3.05, 3.63) is 176 Å². The van der Waals surface area contributed by atoms with Gasteiger partial charge in [0.05, 0.1) is 5.52 Å². The van der Waals surface area contributed by atoms with Crippen LogP contribution in [-0.2, 0) is 0 Å². The second kappa shape index (κ2) is 12.8. The highest BCUT2D eigenvalue weighted by atomic mass is 16.3. The van der Waals surface area contributed by atoms with Gasteiger partial charge in [0.15, 0.2) is 23.1 Å². The molecule has 0 unspecified atom stereocenters. The van der Waals surface area contributed by atoms with E-state index in [9.17, 15) is 0 Å². The second-order valence-electron chi connectivity index (χ2n) is 12.9. The second-order valence-corrected chi connectivity index (χ2v) is 12.9. The predicted molar refractivity (Wildman–Crippen MR) is 213 cm³/mol. The molecule has 0 amide bonds. The summed E-state index contributed by atoms with van der Waals surface area (Å²) in [7, 11) is 0. The SMILES string of the molecule is c1ccc(-c2nc(-c3ccccc3)nc(-c3cc(-c4ccc5oc(-c6ccccc6)nc5c4)cc(-c4cc5ccccc5c5ncccc45)c3)n2)cc1. The molecule has 53 heavy (non-hydrogen) atoms. The van der Waals surface area contributed by atoms with E-state index in [0.29, 0.717) is 23.4 Å². The third kappa shape index (κ3) is 5.69. The highest BCUT2D eigenvalue weighted by molar-refractivity contribution is 6.12. The van der Waals surface area contributed by atoms with Crippen LogP contribution < -0.4 is 0 Å². The fourth-order valence-corrected chi connectivity index (χ4v) is 6.98. The Hall–Kier alpha value is -7.31. The molecule has 10 aromatic rings. The Kier molecular flexibility index (Phi) is 7.36. The van der Waals surface area contributed by atoms with Crippen LogP contribution in [-0.4, -0.2) is 24.9 Å². The highest BCUT2D eigenvalue weighted by Gasteiger charge is 2.18. The van der Waals surface area contributed by atoms with Crippen LogP contribution in [0.1, 0.15) is 0 Å². The van der Waals surface area contributed by atoms with Crippen LogP contribution >= 0.6 is 0 Å². The average Bonchev–Trinajstić information content (AvgIpc) is 3.68. The lowest BCUT2D eigenvalue weighted by Crippen LogP contribution is -2.00. The quantitative estimate of drug-likeness (QED) is 0.163. The number of oxazole rings is 1. The molecule has 0 radical (unpaired) electrons. The number of pyridine rings is 1. The molecule has 0 spiro atoms. The van der Waals surface area contributed by atoms with Crippen molar-refractivity contribution in [2.75, 3.05) is 0 Å². The van der Waals surface area contributed by atoms with Crippen molar-refractivity contribution in [2.45, 2.75) is 0 Å². The molecule has 3 heterocycles. The fourth-order valence-electron chi connectivity index (χ4n) is 6.98. The molecule has 0 atom stereocenters. The fraction of sp³-hybridized carbons (Fsp3) is 0. The predicted octanol–water partition coefficient (Wildman–Crippen LogP) is 11.7. The summed E-state index contributed by atoms with van der Waals surface area (Å²) in [4.78, 5) is 24.9. The summed E-state index contributed by atoms with van der Waals surface area (Å²) >= 11 is 0. The van der Waals surface area contributed by atoms with Crippen molar-refractivity contribution in [3.63, 3.8) is 0 Å². The van der Waals surface area contributed by atoms with Gasteiger partial charge >= 0.3 is 0 Å². The number of rotatable bonds is 6. The van der Waals surface area contributed by atoms with E-state index in [4.69, 9.17) is 29.3 Å². The molecule has 7 aromatic carbocycles. The minimum Gasteiger partial charge on any atom is -0.436 e. The van der Waals surface area contributed by atoms with Gasteiger partial charge in [-0.2, -0.15) is 0 Å². The summed E-state index contributed by atoms with van der Waals surface area (Å²) in [5, 5.41) is 3.31. The zero-order chi connectivity index (χ0) is 35.1. The Morgan fingerprint density at radius 3 is 1.68 bits per heavy atom. The summed E-state index contributed by atoms with van der Waals surface area (Å²) < 4.78 is 6.19. The van der Waals surface area contributed by atoms with Crippen molar-refractivity contribution < 1.29 is 4.42 Å². The Bertz CT molecular complexity index is 2880. The van der Waals surface area contributed by atoms with Gasteiger partial charge in [-0.1, -0.05) is 115 Å². The van der Waals surface area contributed by atoms with Crippen LogP contribution in [0.15, 0.2) is 180 Å². The molecule has 0 N–H and O–H groups in total. The zero-order valence-electron chi connectivity index (χ0n) is 28.4.